The molecule has 0 aliphatic carbocycles. The highest BCUT2D eigenvalue weighted by Crippen LogP contribution is 2.29. The summed E-state index contributed by atoms with van der Waals surface area (Å²) in [7, 11) is 0. The van der Waals surface area contributed by atoms with E-state index in [2.05, 4.69) is 49.3 Å². The Labute approximate surface area is 208 Å². The molecule has 0 saturated carbocycles. The van der Waals surface area contributed by atoms with Crippen LogP contribution in [0.3, 0.4) is 0 Å². The van der Waals surface area contributed by atoms with Crippen molar-refractivity contribution in [2.24, 2.45) is 11.8 Å². The Balaban J connectivity index is 1.35. The molecule has 2 amide bonds. The van der Waals surface area contributed by atoms with E-state index in [1.165, 1.54) is 12.0 Å². The number of pyridine rings is 1. The van der Waals surface area contributed by atoms with Gasteiger partial charge in [-0.15, -0.1) is 0 Å². The van der Waals surface area contributed by atoms with Crippen LogP contribution in [0.5, 0.6) is 0 Å². The van der Waals surface area contributed by atoms with Crippen molar-refractivity contribution < 1.29 is 9.59 Å². The maximum atomic E-state index is 12.5. The summed E-state index contributed by atoms with van der Waals surface area (Å²) < 4.78 is 0. The van der Waals surface area contributed by atoms with Gasteiger partial charge in [-0.25, -0.2) is 4.98 Å². The predicted molar refractivity (Wildman–Crippen MR) is 144 cm³/mol. The molecular weight excluding hydrogens is 436 g/mol. The average molecular weight is 473 g/mol. The van der Waals surface area contributed by atoms with E-state index in [-0.39, 0.29) is 24.7 Å². The first-order valence-electron chi connectivity index (χ1n) is 12.7. The van der Waals surface area contributed by atoms with Crippen LogP contribution in [0.2, 0.25) is 0 Å². The van der Waals surface area contributed by atoms with Crippen LogP contribution < -0.4 is 15.5 Å². The Morgan fingerprint density at radius 1 is 0.914 bits per heavy atom. The molecule has 2 unspecified atom stereocenters. The minimum atomic E-state index is -0.181. The summed E-state index contributed by atoms with van der Waals surface area (Å²) in [5.74, 6) is 2.01. The second kappa shape index (κ2) is 10.9. The third-order valence-corrected chi connectivity index (χ3v) is 6.70. The number of aromatic nitrogens is 1. The number of carbonyl (C=O) groups is 2. The first-order chi connectivity index (χ1) is 16.8. The summed E-state index contributed by atoms with van der Waals surface area (Å²) in [5.41, 5.74) is 4.75. The van der Waals surface area contributed by atoms with E-state index < -0.39 is 0 Å². The topological polar surface area (TPSA) is 74.3 Å². The fourth-order valence-corrected chi connectivity index (χ4v) is 4.96. The molecule has 2 N–H and O–H groups in total. The van der Waals surface area contributed by atoms with Gasteiger partial charge in [-0.1, -0.05) is 32.9 Å². The van der Waals surface area contributed by atoms with Crippen LogP contribution in [0.25, 0.3) is 10.9 Å². The molecule has 6 nitrogen and oxygen atoms in total. The Morgan fingerprint density at radius 2 is 1.51 bits per heavy atom. The molecule has 0 bridgehead atoms. The fraction of sp³-hybridized carbons (Fsp3) is 0.414. The predicted octanol–water partition coefficient (Wildman–Crippen LogP) is 5.95. The minimum Gasteiger partial charge on any atom is -0.356 e. The summed E-state index contributed by atoms with van der Waals surface area (Å²) in [6.45, 7) is 10.9. The van der Waals surface area contributed by atoms with Gasteiger partial charge in [-0.3, -0.25) is 9.59 Å². The molecule has 1 fully saturated rings. The Bertz CT molecular complexity index is 1200. The number of aryl methyl sites for hydroxylation is 2. The van der Waals surface area contributed by atoms with E-state index in [1.54, 1.807) is 0 Å². The standard InChI is InChI=1S/C29H36N4O2/c1-5-22-6-8-23(9-7-22)30-28(34)12-13-29(35)31-24-10-11-26-25(16-24)21(4)15-27(32-26)33-17-19(2)14-20(3)18-33/h6-11,15-16,19-20H,5,12-14,17-18H2,1-4H3,(H,30,34)(H,31,35). The zero-order valence-corrected chi connectivity index (χ0v) is 21.2. The summed E-state index contributed by atoms with van der Waals surface area (Å²) in [5, 5.41) is 6.80. The molecule has 4 rings (SSSR count). The number of rotatable bonds is 7. The Kier molecular flexibility index (Phi) is 7.69. The quantitative estimate of drug-likeness (QED) is 0.446. The largest absolute Gasteiger partial charge is 0.356 e. The highest BCUT2D eigenvalue weighted by molar-refractivity contribution is 5.98. The van der Waals surface area contributed by atoms with Gasteiger partial charge in [0.25, 0.3) is 0 Å². The second-order valence-corrected chi connectivity index (χ2v) is 10.0. The SMILES string of the molecule is CCc1ccc(NC(=O)CCC(=O)Nc2ccc3nc(N4CC(C)CC(C)C4)cc(C)c3c2)cc1. The molecular formula is C29H36N4O2. The van der Waals surface area contributed by atoms with Crippen molar-refractivity contribution >= 4 is 39.9 Å². The zero-order valence-electron chi connectivity index (χ0n) is 21.2. The van der Waals surface area contributed by atoms with Crippen LogP contribution in [0, 0.1) is 18.8 Å². The number of amides is 2. The maximum absolute atomic E-state index is 12.5. The van der Waals surface area contributed by atoms with Gasteiger partial charge < -0.3 is 15.5 Å². The van der Waals surface area contributed by atoms with E-state index in [9.17, 15) is 9.59 Å². The number of nitrogens with one attached hydrogen (secondary N) is 2. The highest BCUT2D eigenvalue weighted by atomic mass is 16.2. The molecule has 1 aliphatic rings. The highest BCUT2D eigenvalue weighted by Gasteiger charge is 2.23. The van der Waals surface area contributed by atoms with Crippen LogP contribution in [0.4, 0.5) is 17.2 Å². The first kappa shape index (κ1) is 24.7. The zero-order chi connectivity index (χ0) is 24.9. The second-order valence-electron chi connectivity index (χ2n) is 10.0. The van der Waals surface area contributed by atoms with Crippen molar-refractivity contribution in [2.45, 2.75) is 53.4 Å². The lowest BCUT2D eigenvalue weighted by molar-refractivity contribution is -0.121. The number of fused-ring (bicyclic) bond motifs is 1. The molecule has 1 aliphatic heterocycles. The van der Waals surface area contributed by atoms with E-state index in [1.807, 2.05) is 42.5 Å². The molecule has 0 radical (unpaired) electrons. The van der Waals surface area contributed by atoms with Crippen LogP contribution >= 0.6 is 0 Å². The average Bonchev–Trinajstić information content (AvgIpc) is 2.83. The number of hydrogen-bond donors (Lipinski definition) is 2. The van der Waals surface area contributed by atoms with Crippen molar-refractivity contribution in [3.05, 3.63) is 59.7 Å². The van der Waals surface area contributed by atoms with Crippen LogP contribution in [0.15, 0.2) is 48.5 Å². The van der Waals surface area contributed by atoms with Crippen molar-refractivity contribution in [1.82, 2.24) is 4.98 Å². The molecule has 6 heteroatoms. The molecule has 1 aromatic heterocycles. The van der Waals surface area contributed by atoms with Crippen LogP contribution in [-0.2, 0) is 16.0 Å². The maximum Gasteiger partial charge on any atom is 0.224 e. The van der Waals surface area contributed by atoms with Crippen LogP contribution in [-0.4, -0.2) is 29.9 Å². The molecule has 35 heavy (non-hydrogen) atoms. The summed E-state index contributed by atoms with van der Waals surface area (Å²) in [6.07, 6.45) is 2.47. The lowest BCUT2D eigenvalue weighted by Crippen LogP contribution is -2.39. The lowest BCUT2D eigenvalue weighted by Gasteiger charge is -2.36. The van der Waals surface area contributed by atoms with Crippen molar-refractivity contribution in [2.75, 3.05) is 28.6 Å². The number of anilines is 3. The van der Waals surface area contributed by atoms with Crippen molar-refractivity contribution in [3.63, 3.8) is 0 Å². The number of piperidine rings is 1. The van der Waals surface area contributed by atoms with E-state index in [0.29, 0.717) is 11.8 Å². The van der Waals surface area contributed by atoms with Gasteiger partial charge in [0.2, 0.25) is 11.8 Å². The molecule has 2 heterocycles. The summed E-state index contributed by atoms with van der Waals surface area (Å²) >= 11 is 0. The van der Waals surface area contributed by atoms with E-state index >= 15 is 0 Å². The third kappa shape index (κ3) is 6.38. The molecule has 2 atom stereocenters. The third-order valence-electron chi connectivity index (χ3n) is 6.70. The molecule has 184 valence electrons. The van der Waals surface area contributed by atoms with Gasteiger partial charge in [0.05, 0.1) is 5.52 Å². The van der Waals surface area contributed by atoms with Gasteiger partial charge >= 0.3 is 0 Å². The summed E-state index contributed by atoms with van der Waals surface area (Å²) in [6, 6.07) is 15.7. The fourth-order valence-electron chi connectivity index (χ4n) is 4.96. The Morgan fingerprint density at radius 3 is 2.14 bits per heavy atom. The number of carbonyl (C=O) groups excluding carboxylic acids is 2. The van der Waals surface area contributed by atoms with Gasteiger partial charge in [0.1, 0.15) is 5.82 Å². The van der Waals surface area contributed by atoms with Crippen LogP contribution in [0.1, 0.15) is 51.2 Å². The number of nitrogens with zero attached hydrogens (tertiary/aromatic N) is 2. The van der Waals surface area contributed by atoms with Crippen molar-refractivity contribution in [1.29, 1.82) is 0 Å². The van der Waals surface area contributed by atoms with Gasteiger partial charge in [-0.2, -0.15) is 0 Å². The van der Waals surface area contributed by atoms with Gasteiger partial charge in [0.15, 0.2) is 0 Å². The minimum absolute atomic E-state index is 0.123. The van der Waals surface area contributed by atoms with Gasteiger partial charge in [0, 0.05) is 42.7 Å². The monoisotopic (exact) mass is 472 g/mol. The van der Waals surface area contributed by atoms with Gasteiger partial charge in [-0.05, 0) is 79.1 Å². The van der Waals surface area contributed by atoms with E-state index in [4.69, 9.17) is 4.98 Å². The molecule has 3 aromatic rings. The normalized spacial score (nSPS) is 17.9. The molecule has 0 spiro atoms. The number of benzene rings is 2. The summed E-state index contributed by atoms with van der Waals surface area (Å²) in [4.78, 5) is 32.0. The number of hydrogen-bond acceptors (Lipinski definition) is 4. The molecule has 1 saturated heterocycles. The smallest absolute Gasteiger partial charge is 0.224 e. The first-order valence-corrected chi connectivity index (χ1v) is 12.7. The van der Waals surface area contributed by atoms with Crippen molar-refractivity contribution in [3.8, 4) is 0 Å². The molecule has 2 aromatic carbocycles. The van der Waals surface area contributed by atoms with E-state index in [0.717, 1.165) is 53.2 Å². The Hall–Kier alpha value is -3.41. The lowest BCUT2D eigenvalue weighted by atomic mass is 9.92.